The molecule has 0 bridgehead atoms. The number of sulfone groups is 1. The molecule has 0 unspecified atom stereocenters. The molecule has 0 fully saturated rings. The molecular weight excluding hydrogens is 430 g/mol. The van der Waals surface area contributed by atoms with Gasteiger partial charge in [-0.1, -0.05) is 39.7 Å². The van der Waals surface area contributed by atoms with Crippen LogP contribution >= 0.6 is 50.1 Å². The van der Waals surface area contributed by atoms with Crippen molar-refractivity contribution in [2.24, 2.45) is 0 Å². The molecule has 0 aromatic heterocycles. The Bertz CT molecular complexity index is 472. The van der Waals surface area contributed by atoms with Crippen molar-refractivity contribution in [3.05, 3.63) is 34.3 Å². The van der Waals surface area contributed by atoms with E-state index < -0.39 is 18.2 Å². The Morgan fingerprint density at radius 3 is 2.25 bits per heavy atom. The molecule has 0 spiro atoms. The minimum absolute atomic E-state index is 0.457. The van der Waals surface area contributed by atoms with Gasteiger partial charge in [-0.05, 0) is 40.3 Å². The second-order valence-electron chi connectivity index (χ2n) is 3.29. The summed E-state index contributed by atoms with van der Waals surface area (Å²) in [6.07, 6.45) is -0.285. The van der Waals surface area contributed by atoms with Crippen LogP contribution in [-0.2, 0) is 9.84 Å². The second kappa shape index (κ2) is 5.09. The van der Waals surface area contributed by atoms with E-state index in [0.29, 0.717) is 5.56 Å². The number of benzene rings is 1. The molecule has 0 saturated heterocycles. The van der Waals surface area contributed by atoms with Gasteiger partial charge in [0.05, 0.1) is 0 Å². The Morgan fingerprint density at radius 1 is 1.44 bits per heavy atom. The quantitative estimate of drug-likeness (QED) is 0.582. The zero-order valence-electron chi connectivity index (χ0n) is 8.19. The maximum atomic E-state index is 11.4. The van der Waals surface area contributed by atoms with E-state index >= 15 is 0 Å². The first-order chi connectivity index (χ1) is 7.16. The Morgan fingerprint density at radius 2 is 1.88 bits per heavy atom. The maximum absolute atomic E-state index is 11.4. The van der Waals surface area contributed by atoms with Crippen LogP contribution in [0.4, 0.5) is 0 Å². The average molecular weight is 439 g/mol. The number of rotatable bonds is 3. The molecule has 1 aromatic carbocycles. The third-order valence-corrected chi connectivity index (χ3v) is 7.78. The van der Waals surface area contributed by atoms with E-state index in [2.05, 4.69) is 15.9 Å². The molecule has 0 radical (unpaired) electrons. The van der Waals surface area contributed by atoms with Gasteiger partial charge in [0.15, 0.2) is 9.84 Å². The SMILES string of the molecule is CS(=O)(=O)[C@](Cl)(I)[C@H](O)c1ccc(Br)cc1. The zero-order chi connectivity index (χ0) is 12.6. The Balaban J connectivity index is 3.12. The van der Waals surface area contributed by atoms with E-state index in [1.165, 1.54) is 22.6 Å². The molecule has 16 heavy (non-hydrogen) atoms. The van der Waals surface area contributed by atoms with Gasteiger partial charge in [-0.25, -0.2) is 8.42 Å². The fourth-order valence-corrected chi connectivity index (χ4v) is 2.33. The Hall–Kier alpha value is 0.630. The van der Waals surface area contributed by atoms with E-state index in [1.807, 2.05) is 0 Å². The molecule has 0 amide bonds. The summed E-state index contributed by atoms with van der Waals surface area (Å²) in [7, 11) is -3.57. The predicted molar refractivity (Wildman–Crippen MR) is 76.5 cm³/mol. The molecule has 0 aliphatic rings. The van der Waals surface area contributed by atoms with Crippen molar-refractivity contribution in [2.45, 2.75) is 8.32 Å². The Labute approximate surface area is 121 Å². The standard InChI is InChI=1S/C9H9BrClIO3S/c1-16(14,15)9(11,12)8(13)6-2-4-7(10)5-3-6/h2-5,8,13H,1H3/t8-,9-/m1/s1. The van der Waals surface area contributed by atoms with Crippen molar-refractivity contribution < 1.29 is 13.5 Å². The molecule has 0 saturated carbocycles. The topological polar surface area (TPSA) is 54.4 Å². The van der Waals surface area contributed by atoms with E-state index in [9.17, 15) is 13.5 Å². The molecule has 0 heterocycles. The van der Waals surface area contributed by atoms with Crippen LogP contribution in [0.15, 0.2) is 28.7 Å². The van der Waals surface area contributed by atoms with E-state index in [-0.39, 0.29) is 0 Å². The first-order valence-corrected chi connectivity index (χ1v) is 8.31. The lowest BCUT2D eigenvalue weighted by Gasteiger charge is -2.24. The number of hydrogen-bond acceptors (Lipinski definition) is 3. The minimum atomic E-state index is -3.57. The summed E-state index contributed by atoms with van der Waals surface area (Å²) in [5.41, 5.74) is 0.457. The van der Waals surface area contributed by atoms with Crippen LogP contribution in [0.5, 0.6) is 0 Å². The zero-order valence-corrected chi connectivity index (χ0v) is 13.5. The number of aliphatic hydroxyl groups excluding tert-OH is 1. The largest absolute Gasteiger partial charge is 0.385 e. The van der Waals surface area contributed by atoms with Crippen molar-refractivity contribution in [1.82, 2.24) is 0 Å². The van der Waals surface area contributed by atoms with Crippen molar-refractivity contribution >= 4 is 60.0 Å². The summed E-state index contributed by atoms with van der Waals surface area (Å²) in [6, 6.07) is 6.67. The lowest BCUT2D eigenvalue weighted by Crippen LogP contribution is -2.31. The molecule has 1 aromatic rings. The maximum Gasteiger partial charge on any atom is 0.224 e. The minimum Gasteiger partial charge on any atom is -0.385 e. The van der Waals surface area contributed by atoms with Crippen LogP contribution in [0.25, 0.3) is 0 Å². The smallest absolute Gasteiger partial charge is 0.224 e. The Kier molecular flexibility index (Phi) is 4.68. The highest BCUT2D eigenvalue weighted by atomic mass is 127. The van der Waals surface area contributed by atoms with Crippen LogP contribution in [0.1, 0.15) is 11.7 Å². The third kappa shape index (κ3) is 3.10. The summed E-state index contributed by atoms with van der Waals surface area (Å²) in [5, 5.41) is 9.94. The monoisotopic (exact) mass is 438 g/mol. The summed E-state index contributed by atoms with van der Waals surface area (Å²) >= 11 is 10.7. The number of aliphatic hydroxyl groups is 1. The van der Waals surface area contributed by atoms with E-state index in [0.717, 1.165) is 10.7 Å². The molecule has 7 heteroatoms. The molecule has 1 N–H and O–H groups in total. The van der Waals surface area contributed by atoms with Crippen LogP contribution in [-0.4, -0.2) is 22.0 Å². The van der Waals surface area contributed by atoms with Gasteiger partial charge in [0.2, 0.25) is 2.21 Å². The van der Waals surface area contributed by atoms with Gasteiger partial charge in [-0.15, -0.1) is 0 Å². The normalized spacial score (nSPS) is 17.8. The van der Waals surface area contributed by atoms with Crippen molar-refractivity contribution in [1.29, 1.82) is 0 Å². The van der Waals surface area contributed by atoms with Gasteiger partial charge in [0, 0.05) is 10.7 Å². The molecule has 3 nitrogen and oxygen atoms in total. The van der Waals surface area contributed by atoms with Gasteiger partial charge in [0.25, 0.3) is 0 Å². The fraction of sp³-hybridized carbons (Fsp3) is 0.333. The van der Waals surface area contributed by atoms with Crippen LogP contribution in [0, 0.1) is 0 Å². The van der Waals surface area contributed by atoms with Gasteiger partial charge in [-0.3, -0.25) is 0 Å². The molecule has 0 aliphatic carbocycles. The number of hydrogen-bond donors (Lipinski definition) is 1. The molecular formula is C9H9BrClIO3S. The van der Waals surface area contributed by atoms with Crippen molar-refractivity contribution in [3.8, 4) is 0 Å². The first-order valence-electron chi connectivity index (χ1n) is 4.17. The number of alkyl halides is 2. The van der Waals surface area contributed by atoms with Crippen LogP contribution in [0.2, 0.25) is 0 Å². The molecule has 1 rings (SSSR count). The predicted octanol–water partition coefficient (Wildman–Crippen LogP) is 2.85. The van der Waals surface area contributed by atoms with E-state index in [1.54, 1.807) is 24.3 Å². The van der Waals surface area contributed by atoms with Crippen molar-refractivity contribution in [2.75, 3.05) is 6.26 Å². The summed E-state index contributed by atoms with van der Waals surface area (Å²) in [5.74, 6) is 0. The van der Waals surface area contributed by atoms with Crippen LogP contribution in [0.3, 0.4) is 0 Å². The highest BCUT2D eigenvalue weighted by Gasteiger charge is 2.43. The van der Waals surface area contributed by atoms with Gasteiger partial charge < -0.3 is 5.11 Å². The molecule has 0 aliphatic heterocycles. The summed E-state index contributed by atoms with van der Waals surface area (Å²) in [6.45, 7) is 0. The highest BCUT2D eigenvalue weighted by molar-refractivity contribution is 14.1. The van der Waals surface area contributed by atoms with Gasteiger partial charge in [-0.2, -0.15) is 0 Å². The van der Waals surface area contributed by atoms with Crippen LogP contribution < -0.4 is 0 Å². The van der Waals surface area contributed by atoms with Crippen molar-refractivity contribution in [3.63, 3.8) is 0 Å². The average Bonchev–Trinajstić information content (AvgIpc) is 2.16. The van der Waals surface area contributed by atoms with Gasteiger partial charge in [0.1, 0.15) is 6.10 Å². The summed E-state index contributed by atoms with van der Waals surface area (Å²) in [4.78, 5) is 0. The van der Waals surface area contributed by atoms with Gasteiger partial charge >= 0.3 is 0 Å². The number of halogens is 3. The highest BCUT2D eigenvalue weighted by Crippen LogP contribution is 2.42. The second-order valence-corrected chi connectivity index (χ2v) is 10.3. The first kappa shape index (κ1) is 14.7. The third-order valence-electron chi connectivity index (χ3n) is 2.00. The fourth-order valence-electron chi connectivity index (χ4n) is 1.04. The lowest BCUT2D eigenvalue weighted by molar-refractivity contribution is 0.188. The molecule has 90 valence electrons. The van der Waals surface area contributed by atoms with E-state index in [4.69, 9.17) is 11.6 Å². The summed E-state index contributed by atoms with van der Waals surface area (Å²) < 4.78 is 21.9. The molecule has 2 atom stereocenters. The lowest BCUT2D eigenvalue weighted by atomic mass is 10.1.